The number of imide groups is 2. The topological polar surface area (TPSA) is 274 Å². The van der Waals surface area contributed by atoms with Crippen molar-refractivity contribution in [2.45, 2.75) is 141 Å². The number of hydrogen-bond acceptors (Lipinski definition) is 16. The number of hydrogen-bond donors (Lipinski definition) is 6. The first-order valence-electron chi connectivity index (χ1n) is 38.4. The molecule has 11 aromatic rings. The van der Waals surface area contributed by atoms with Crippen LogP contribution in [-0.2, 0) is 48.1 Å². The number of ether oxygens (including phenoxy) is 4. The average Bonchev–Trinajstić information content (AvgIpc) is 0.669. The van der Waals surface area contributed by atoms with E-state index in [1.54, 1.807) is 155 Å². The largest absolute Gasteiger partial charge is 0.508 e. The summed E-state index contributed by atoms with van der Waals surface area (Å²) in [5.74, 6) is -3.18. The maximum absolute atomic E-state index is 16.8. The average molecular weight is 1480 g/mol. The number of phenolic OH excluding ortho intramolecular Hbond substituents is 2. The van der Waals surface area contributed by atoms with E-state index in [1.165, 1.54) is 24.3 Å². The molecule has 20 nitrogen and oxygen atoms in total. The van der Waals surface area contributed by atoms with Crippen molar-refractivity contribution in [3.63, 3.8) is 0 Å². The second-order valence-corrected chi connectivity index (χ2v) is 29.1. The Bertz CT molecular complexity index is 4730. The third kappa shape index (κ3) is 14.3. The number of aromatic hydroxyl groups is 2. The van der Waals surface area contributed by atoms with Gasteiger partial charge in [0.15, 0.2) is 0 Å². The van der Waals surface area contributed by atoms with Crippen molar-refractivity contribution < 1.29 is 78.4 Å². The highest BCUT2D eigenvalue weighted by Crippen LogP contribution is 2.58. The van der Waals surface area contributed by atoms with E-state index in [4.69, 9.17) is 18.9 Å². The van der Waals surface area contributed by atoms with Gasteiger partial charge in [0, 0.05) is 108 Å². The zero-order valence-corrected chi connectivity index (χ0v) is 61.6. The first kappa shape index (κ1) is 74.1. The van der Waals surface area contributed by atoms with Crippen LogP contribution in [0.1, 0.15) is 153 Å². The summed E-state index contributed by atoms with van der Waals surface area (Å²) in [5, 5.41) is 63.1. The molecule has 0 radical (unpaired) electrons. The molecule has 2 atom stereocenters. The van der Waals surface area contributed by atoms with Crippen LogP contribution in [-0.4, -0.2) is 149 Å². The van der Waals surface area contributed by atoms with Crippen LogP contribution >= 0.6 is 0 Å². The quantitative estimate of drug-likeness (QED) is 0.0151. The molecule has 2 aliphatic heterocycles. The molecule has 20 heteroatoms. The fraction of sp³-hybridized carbons (Fsp3) is 0.311. The van der Waals surface area contributed by atoms with Crippen LogP contribution in [0.4, 0.5) is 0 Å². The predicted octanol–water partition coefficient (Wildman–Crippen LogP) is 15.2. The van der Waals surface area contributed by atoms with Crippen LogP contribution in [0.2, 0.25) is 0 Å². The van der Waals surface area contributed by atoms with E-state index in [2.05, 4.69) is 0 Å². The molecule has 2 aliphatic carbocycles. The Balaban J connectivity index is 1.08. The van der Waals surface area contributed by atoms with Gasteiger partial charge in [-0.25, -0.2) is 0 Å². The Hall–Kier alpha value is -11.4. The Labute approximate surface area is 636 Å². The van der Waals surface area contributed by atoms with Gasteiger partial charge in [0.2, 0.25) is 11.8 Å². The van der Waals surface area contributed by atoms with Crippen molar-refractivity contribution in [1.82, 2.24) is 19.6 Å². The van der Waals surface area contributed by atoms with Crippen molar-refractivity contribution in [2.75, 3.05) is 39.5 Å². The highest BCUT2D eigenvalue weighted by atomic mass is 16.5. The molecule has 0 saturated heterocycles. The molecule has 6 amide bonds. The smallest absolute Gasteiger partial charge is 0.262 e. The molecule has 2 unspecified atom stereocenters. The van der Waals surface area contributed by atoms with E-state index in [0.29, 0.717) is 36.8 Å². The number of amides is 6. The third-order valence-corrected chi connectivity index (χ3v) is 22.4. The monoisotopic (exact) mass is 1480 g/mol. The van der Waals surface area contributed by atoms with E-state index < -0.39 is 47.5 Å². The van der Waals surface area contributed by atoms with Gasteiger partial charge in [0.1, 0.15) is 69.6 Å². The number of carbonyl (C=O) groups excluding carboxylic acids is 6. The summed E-state index contributed by atoms with van der Waals surface area (Å²) in [6.07, 6.45) is 9.47. The fourth-order valence-electron chi connectivity index (χ4n) is 17.0. The lowest BCUT2D eigenvalue weighted by molar-refractivity contribution is -0.139. The van der Waals surface area contributed by atoms with Crippen LogP contribution in [0.25, 0.3) is 43.1 Å². The number of rotatable bonds is 28. The van der Waals surface area contributed by atoms with E-state index in [1.807, 2.05) is 13.8 Å². The van der Waals surface area contributed by atoms with Crippen LogP contribution in [0.5, 0.6) is 57.5 Å². The van der Waals surface area contributed by atoms with E-state index >= 15 is 28.8 Å². The van der Waals surface area contributed by atoms with Gasteiger partial charge in [0.25, 0.3) is 23.6 Å². The molecule has 110 heavy (non-hydrogen) atoms. The molecule has 0 aromatic heterocycles. The van der Waals surface area contributed by atoms with Gasteiger partial charge < -0.3 is 59.4 Å². The van der Waals surface area contributed by atoms with Gasteiger partial charge in [-0.15, -0.1) is 0 Å². The molecule has 0 spiro atoms. The Morgan fingerprint density at radius 3 is 0.836 bits per heavy atom. The molecule has 0 bridgehead atoms. The Morgan fingerprint density at radius 2 is 0.600 bits per heavy atom. The number of aliphatic hydroxyl groups excluding tert-OH is 4. The SMILES string of the molecule is CCN(C(=O)C(Cc1ccc(O)cc1)N1C(=O)c2cc(Oc3ccc(CCO)cc3)c3c4c(Oc5ccc(CCO)cc5)cc5c6c(cc(Oc7ccc(CCO)cc7)c(c7c(Oc8ccc(CCO)cc8)cc(c2c37)C1=O)c64)C(=O)N(C(Cc1ccc(O)cc1)C(=O)N(CC)C1CCCCC1)C5=O)C1CCCCC1. The minimum absolute atomic E-state index is 0.00928. The molecule has 4 aliphatic rings. The van der Waals surface area contributed by atoms with Crippen LogP contribution in [0.15, 0.2) is 170 Å². The van der Waals surface area contributed by atoms with Gasteiger partial charge in [0.05, 0.1) is 22.3 Å². The summed E-state index contributed by atoms with van der Waals surface area (Å²) in [4.78, 5) is 105. The van der Waals surface area contributed by atoms with Gasteiger partial charge in [-0.1, -0.05) is 111 Å². The first-order valence-corrected chi connectivity index (χ1v) is 38.4. The van der Waals surface area contributed by atoms with Crippen molar-refractivity contribution in [2.24, 2.45) is 0 Å². The number of fused-ring (bicyclic) bond motifs is 2. The lowest BCUT2D eigenvalue weighted by Crippen LogP contribution is -2.57. The van der Waals surface area contributed by atoms with Crippen molar-refractivity contribution >= 4 is 78.5 Å². The van der Waals surface area contributed by atoms with E-state index in [9.17, 15) is 30.6 Å². The van der Waals surface area contributed by atoms with Gasteiger partial charge >= 0.3 is 0 Å². The molecular formula is C90H88N4O16. The molecule has 2 saturated carbocycles. The van der Waals surface area contributed by atoms with Crippen molar-refractivity contribution in [3.8, 4) is 57.5 Å². The predicted molar refractivity (Wildman–Crippen MR) is 418 cm³/mol. The number of benzene rings is 11. The summed E-state index contributed by atoms with van der Waals surface area (Å²) in [7, 11) is 0. The van der Waals surface area contributed by atoms with Crippen LogP contribution < -0.4 is 18.9 Å². The number of aliphatic hydroxyl groups is 4. The Morgan fingerprint density at radius 1 is 0.355 bits per heavy atom. The molecule has 6 N–H and O–H groups in total. The summed E-state index contributed by atoms with van der Waals surface area (Å²) in [6.45, 7) is 3.79. The maximum Gasteiger partial charge on any atom is 0.262 e. The summed E-state index contributed by atoms with van der Waals surface area (Å²) in [6, 6.07) is 43.7. The summed E-state index contributed by atoms with van der Waals surface area (Å²) in [5.41, 5.74) is 4.07. The minimum Gasteiger partial charge on any atom is -0.508 e. The van der Waals surface area contributed by atoms with Gasteiger partial charge in [-0.2, -0.15) is 0 Å². The van der Waals surface area contributed by atoms with Crippen molar-refractivity contribution in [1.29, 1.82) is 0 Å². The van der Waals surface area contributed by atoms with Crippen LogP contribution in [0.3, 0.4) is 0 Å². The molecule has 2 heterocycles. The third-order valence-electron chi connectivity index (χ3n) is 22.4. The molecule has 15 rings (SSSR count). The second-order valence-electron chi connectivity index (χ2n) is 29.1. The Kier molecular flexibility index (Phi) is 21.6. The summed E-state index contributed by atoms with van der Waals surface area (Å²) >= 11 is 0. The first-order chi connectivity index (χ1) is 53.6. The number of carbonyl (C=O) groups is 6. The highest BCUT2D eigenvalue weighted by Gasteiger charge is 2.48. The van der Waals surface area contributed by atoms with Crippen molar-refractivity contribution in [3.05, 3.63) is 225 Å². The zero-order valence-electron chi connectivity index (χ0n) is 61.6. The molecule has 564 valence electrons. The number of likely N-dealkylation sites (N-methyl/N-ethyl adjacent to an activating group) is 2. The normalized spacial score (nSPS) is 15.3. The number of nitrogens with zero attached hydrogens (tertiary/aromatic N) is 4. The molecule has 2 fully saturated rings. The number of phenols is 2. The fourth-order valence-corrected chi connectivity index (χ4v) is 17.0. The van der Waals surface area contributed by atoms with E-state index in [-0.39, 0.29) is 187 Å². The van der Waals surface area contributed by atoms with Gasteiger partial charge in [-0.3, -0.25) is 38.6 Å². The summed E-state index contributed by atoms with van der Waals surface area (Å²) < 4.78 is 29.2. The standard InChI is InChI=1S/C90H88N4O16/c1-3-91(59-11-7-5-8-12-59)89(105)71(47-57-15-27-61(99)28-16-57)93-85(101)67-49-73(107-63-31-19-53(20-32-63)39-43-95)79-81-75(109-65-35-23-55(24-36-65)41-45-97)51-69-78-70(88(104)94(87(69)103)72(48-58-17-29-62(100)30-18-58)90(106)92(4-2)60-13-9-6-10-14-60)52-76(110-66-37-25-56(26-38-66)42-46-98)82(84(78)81)80-74(50-68(86(93)102)77(67)83(79)80)108-64-33-21-54(22-34-64)40-44-96/h15-38,49-52,59-60,71-72,95-100H,3-14,39-48H2,1-2H3. The minimum atomic E-state index is -1.45. The second kappa shape index (κ2) is 32.0. The highest BCUT2D eigenvalue weighted by molar-refractivity contribution is 6.45. The lowest BCUT2D eigenvalue weighted by Gasteiger charge is -2.40. The maximum atomic E-state index is 16.8. The molecular weight excluding hydrogens is 1390 g/mol. The van der Waals surface area contributed by atoms with Crippen LogP contribution in [0, 0.1) is 0 Å². The van der Waals surface area contributed by atoms with Gasteiger partial charge in [-0.05, 0) is 196 Å². The molecule has 11 aromatic carbocycles. The zero-order chi connectivity index (χ0) is 76.4. The lowest BCUT2D eigenvalue weighted by atomic mass is 9.80. The van der Waals surface area contributed by atoms with E-state index in [0.717, 1.165) is 96.3 Å².